The maximum atomic E-state index is 12.8. The number of ether oxygens (including phenoxy) is 3. The smallest absolute Gasteiger partial charge is 0.462 e. The number of phosphoric ester groups is 1. The third-order valence-corrected chi connectivity index (χ3v) is 12.3. The molecule has 12 heteroatoms. The van der Waals surface area contributed by atoms with Crippen molar-refractivity contribution in [3.8, 4) is 0 Å². The van der Waals surface area contributed by atoms with Crippen LogP contribution in [0.3, 0.4) is 0 Å². The standard InChI is InChI=1S/C58H99O11P/c1-4-7-10-13-16-19-21-23-25-26-27-28-30-31-33-36-38-41-44-47-56(60)65-51-55(69-58(62)49-46-43-40-37-34-32-29-24-22-20-17-14-11-8-5-2)53-67-70(63,64)66-52-54(50-59)68-57(61)48-45-42-39-35-18-15-12-9-6-3/h8,11,16-17,19-20,23-25,27-29,34,37,54-55,59H,4-7,9-10,12-15,18,21-22,26,30-33,35-36,38-53H2,1-3H3,(H,63,64)/b11-8-,19-16-,20-17-,25-23-,28-27-,29-24-,37-34-. The van der Waals surface area contributed by atoms with Crippen molar-refractivity contribution in [3.05, 3.63) is 85.1 Å². The normalized spacial score (nSPS) is 14.1. The first kappa shape index (κ1) is 66.7. The van der Waals surface area contributed by atoms with E-state index < -0.39 is 57.8 Å². The number of carbonyl (C=O) groups is 3. The molecule has 0 bridgehead atoms. The van der Waals surface area contributed by atoms with Crippen molar-refractivity contribution in [1.29, 1.82) is 0 Å². The molecule has 0 fully saturated rings. The molecule has 3 unspecified atom stereocenters. The summed E-state index contributed by atoms with van der Waals surface area (Å²) in [5.74, 6) is -1.53. The first-order valence-electron chi connectivity index (χ1n) is 27.5. The molecule has 0 aliphatic rings. The Morgan fingerprint density at radius 3 is 1.20 bits per heavy atom. The molecular weight excluding hydrogens is 904 g/mol. The number of unbranched alkanes of at least 4 members (excludes halogenated alkanes) is 19. The van der Waals surface area contributed by atoms with Gasteiger partial charge in [0, 0.05) is 19.3 Å². The lowest BCUT2D eigenvalue weighted by Gasteiger charge is -2.21. The van der Waals surface area contributed by atoms with Gasteiger partial charge in [0.25, 0.3) is 0 Å². The number of carbonyl (C=O) groups excluding carboxylic acids is 3. The lowest BCUT2D eigenvalue weighted by atomic mass is 10.1. The van der Waals surface area contributed by atoms with Gasteiger partial charge >= 0.3 is 25.7 Å². The molecule has 70 heavy (non-hydrogen) atoms. The Kier molecular flexibility index (Phi) is 49.5. The number of aliphatic hydroxyl groups is 1. The molecule has 0 aliphatic carbocycles. The average molecular weight is 1000 g/mol. The number of phosphoric acid groups is 1. The van der Waals surface area contributed by atoms with Crippen molar-refractivity contribution in [3.63, 3.8) is 0 Å². The second-order valence-electron chi connectivity index (χ2n) is 18.0. The SMILES string of the molecule is CC/C=C\C/C=C\C/C=C\C/C=C\CCCCC(=O)OC(COC(=O)CCCCCCCC/C=C\C/C=C\C/C=C\CCCCC)COP(=O)(O)OCC(CO)OC(=O)CCCCCCCCCCC. The third-order valence-electron chi connectivity index (χ3n) is 11.3. The zero-order valence-electron chi connectivity index (χ0n) is 44.2. The van der Waals surface area contributed by atoms with Crippen molar-refractivity contribution in [2.45, 2.75) is 238 Å². The molecule has 11 nitrogen and oxygen atoms in total. The van der Waals surface area contributed by atoms with E-state index in [4.69, 9.17) is 23.3 Å². The highest BCUT2D eigenvalue weighted by Gasteiger charge is 2.28. The summed E-state index contributed by atoms with van der Waals surface area (Å²) >= 11 is 0. The Morgan fingerprint density at radius 1 is 0.414 bits per heavy atom. The van der Waals surface area contributed by atoms with Crippen molar-refractivity contribution in [1.82, 2.24) is 0 Å². The van der Waals surface area contributed by atoms with Gasteiger partial charge in [0.05, 0.1) is 19.8 Å². The Labute approximate surface area is 426 Å². The minimum Gasteiger partial charge on any atom is -0.462 e. The van der Waals surface area contributed by atoms with Crippen molar-refractivity contribution in [2.24, 2.45) is 0 Å². The van der Waals surface area contributed by atoms with E-state index in [1.54, 1.807) is 0 Å². The molecule has 0 saturated carbocycles. The topological polar surface area (TPSA) is 155 Å². The fourth-order valence-corrected chi connectivity index (χ4v) is 7.90. The van der Waals surface area contributed by atoms with E-state index in [0.29, 0.717) is 19.3 Å². The molecule has 0 heterocycles. The Bertz CT molecular complexity index is 1500. The number of aliphatic hydroxyl groups excluding tert-OH is 1. The summed E-state index contributed by atoms with van der Waals surface area (Å²) in [5, 5.41) is 9.76. The van der Waals surface area contributed by atoms with Crippen LogP contribution in [0.5, 0.6) is 0 Å². The zero-order valence-corrected chi connectivity index (χ0v) is 45.1. The van der Waals surface area contributed by atoms with Crippen LogP contribution in [0.1, 0.15) is 226 Å². The van der Waals surface area contributed by atoms with E-state index in [0.717, 1.165) is 109 Å². The molecule has 3 atom stereocenters. The minimum atomic E-state index is -4.76. The summed E-state index contributed by atoms with van der Waals surface area (Å²) < 4.78 is 39.3. The predicted octanol–water partition coefficient (Wildman–Crippen LogP) is 15.9. The molecule has 0 aromatic carbocycles. The van der Waals surface area contributed by atoms with Gasteiger partial charge in [0.1, 0.15) is 12.7 Å². The Morgan fingerprint density at radius 2 is 0.743 bits per heavy atom. The maximum absolute atomic E-state index is 12.8. The second-order valence-corrected chi connectivity index (χ2v) is 19.5. The highest BCUT2D eigenvalue weighted by atomic mass is 31.2. The molecule has 0 spiro atoms. The highest BCUT2D eigenvalue weighted by Crippen LogP contribution is 2.43. The quantitative estimate of drug-likeness (QED) is 0.0197. The monoisotopic (exact) mass is 1000 g/mol. The fraction of sp³-hybridized carbons (Fsp3) is 0.707. The average Bonchev–Trinajstić information content (AvgIpc) is 3.35. The third kappa shape index (κ3) is 49.6. The van der Waals surface area contributed by atoms with Gasteiger partial charge in [-0.05, 0) is 96.3 Å². The summed E-state index contributed by atoms with van der Waals surface area (Å²) in [5.41, 5.74) is 0. The Balaban J connectivity index is 4.80. The minimum absolute atomic E-state index is 0.110. The van der Waals surface area contributed by atoms with Crippen LogP contribution in [0.15, 0.2) is 85.1 Å². The molecule has 0 amide bonds. The molecular formula is C58H99O11P. The van der Waals surface area contributed by atoms with E-state index >= 15 is 0 Å². The van der Waals surface area contributed by atoms with Crippen LogP contribution >= 0.6 is 7.82 Å². The zero-order chi connectivity index (χ0) is 51.3. The van der Waals surface area contributed by atoms with Gasteiger partial charge in [-0.3, -0.25) is 23.4 Å². The number of rotatable bonds is 50. The molecule has 0 rings (SSSR count). The van der Waals surface area contributed by atoms with E-state index in [1.165, 1.54) is 57.8 Å². The Hall–Kier alpha value is -3.34. The second kappa shape index (κ2) is 52.0. The molecule has 0 radical (unpaired) electrons. The van der Waals surface area contributed by atoms with Crippen molar-refractivity contribution >= 4 is 25.7 Å². The highest BCUT2D eigenvalue weighted by molar-refractivity contribution is 7.47. The summed E-state index contributed by atoms with van der Waals surface area (Å²) in [7, 11) is -4.76. The van der Waals surface area contributed by atoms with E-state index in [9.17, 15) is 28.9 Å². The fourth-order valence-electron chi connectivity index (χ4n) is 7.12. The molecule has 0 aliphatic heterocycles. The van der Waals surface area contributed by atoms with Gasteiger partial charge in [-0.2, -0.15) is 0 Å². The molecule has 0 saturated heterocycles. The summed E-state index contributed by atoms with van der Waals surface area (Å²) in [6.07, 6.45) is 58.4. The summed E-state index contributed by atoms with van der Waals surface area (Å²) in [4.78, 5) is 48.3. The van der Waals surface area contributed by atoms with E-state index in [2.05, 4.69) is 106 Å². The largest absolute Gasteiger partial charge is 0.472 e. The van der Waals surface area contributed by atoms with Crippen LogP contribution in [0.4, 0.5) is 0 Å². The summed E-state index contributed by atoms with van der Waals surface area (Å²) in [6, 6.07) is 0. The first-order valence-corrected chi connectivity index (χ1v) is 29.0. The van der Waals surface area contributed by atoms with Gasteiger partial charge in [0.15, 0.2) is 6.10 Å². The van der Waals surface area contributed by atoms with Crippen molar-refractivity contribution < 1.29 is 52.2 Å². The molecule has 402 valence electrons. The van der Waals surface area contributed by atoms with Crippen LogP contribution in [0.2, 0.25) is 0 Å². The van der Waals surface area contributed by atoms with Gasteiger partial charge in [-0.1, -0.05) is 196 Å². The van der Waals surface area contributed by atoms with E-state index in [1.807, 2.05) is 0 Å². The van der Waals surface area contributed by atoms with Crippen molar-refractivity contribution in [2.75, 3.05) is 26.4 Å². The maximum Gasteiger partial charge on any atom is 0.472 e. The number of hydrogen-bond donors (Lipinski definition) is 2. The van der Waals surface area contributed by atoms with Crippen LogP contribution in [0, 0.1) is 0 Å². The van der Waals surface area contributed by atoms with E-state index in [-0.39, 0.29) is 25.9 Å². The number of hydrogen-bond acceptors (Lipinski definition) is 10. The molecule has 2 N–H and O–H groups in total. The van der Waals surface area contributed by atoms with Crippen LogP contribution < -0.4 is 0 Å². The lowest BCUT2D eigenvalue weighted by Crippen LogP contribution is -2.30. The lowest BCUT2D eigenvalue weighted by molar-refractivity contribution is -0.161. The van der Waals surface area contributed by atoms with Gasteiger partial charge in [-0.15, -0.1) is 0 Å². The molecule has 0 aromatic heterocycles. The number of esters is 3. The van der Waals surface area contributed by atoms with Gasteiger partial charge < -0.3 is 24.2 Å². The summed E-state index contributed by atoms with van der Waals surface area (Å²) in [6.45, 7) is 4.40. The molecule has 0 aromatic rings. The van der Waals surface area contributed by atoms with Gasteiger partial charge in [0.2, 0.25) is 0 Å². The van der Waals surface area contributed by atoms with Gasteiger partial charge in [-0.25, -0.2) is 4.57 Å². The van der Waals surface area contributed by atoms with Crippen LogP contribution in [0.25, 0.3) is 0 Å². The van der Waals surface area contributed by atoms with Crippen LogP contribution in [-0.2, 0) is 42.2 Å². The first-order chi connectivity index (χ1) is 34.2. The predicted molar refractivity (Wildman–Crippen MR) is 288 cm³/mol. The van der Waals surface area contributed by atoms with Crippen LogP contribution in [-0.4, -0.2) is 66.5 Å². The number of allylic oxidation sites excluding steroid dienone is 14.